The number of nitrogens with two attached hydrogens (primary N) is 2. The number of hydrogen-bond acceptors (Lipinski definition) is 5. The summed E-state index contributed by atoms with van der Waals surface area (Å²) in [7, 11) is 1.75. The van der Waals surface area contributed by atoms with Crippen molar-refractivity contribution in [3.63, 3.8) is 0 Å². The highest BCUT2D eigenvalue weighted by atomic mass is 15.1. The van der Waals surface area contributed by atoms with E-state index in [1.54, 1.807) is 7.05 Å². The third-order valence-corrected chi connectivity index (χ3v) is 1.57. The molecule has 0 aliphatic heterocycles. The Balaban J connectivity index is 3.26. The second kappa shape index (κ2) is 3.70. The number of nitrogen functional groups attached to an aromatic ring is 1. The zero-order valence-corrected chi connectivity index (χ0v) is 7.57. The number of anilines is 2. The van der Waals surface area contributed by atoms with Crippen LogP contribution in [0.25, 0.3) is 0 Å². The normalized spacial score (nSPS) is 10.6. The quantitative estimate of drug-likeness (QED) is 0.440. The molecule has 0 spiro atoms. The van der Waals surface area contributed by atoms with Gasteiger partial charge in [0.05, 0.1) is 6.34 Å². The van der Waals surface area contributed by atoms with Crippen molar-refractivity contribution in [1.82, 2.24) is 9.97 Å². The average molecular weight is 180 g/mol. The molecule has 1 aromatic heterocycles. The minimum Gasteiger partial charge on any atom is -0.390 e. The van der Waals surface area contributed by atoms with Crippen LogP contribution >= 0.6 is 0 Å². The largest absolute Gasteiger partial charge is 0.390 e. The van der Waals surface area contributed by atoms with E-state index in [-0.39, 0.29) is 5.95 Å². The first-order valence-electron chi connectivity index (χ1n) is 3.75. The molecule has 1 aromatic rings. The summed E-state index contributed by atoms with van der Waals surface area (Å²) in [6.07, 6.45) is 1.17. The Morgan fingerprint density at radius 1 is 1.46 bits per heavy atom. The predicted molar refractivity (Wildman–Crippen MR) is 53.1 cm³/mol. The molecule has 0 saturated heterocycles. The fourth-order valence-electron chi connectivity index (χ4n) is 0.961. The molecule has 0 aliphatic rings. The molecule has 0 saturated carbocycles. The maximum atomic E-state index is 5.46. The number of aliphatic imine (C=N–C) groups is 1. The van der Waals surface area contributed by atoms with E-state index in [2.05, 4.69) is 20.3 Å². The molecule has 6 heteroatoms. The maximum Gasteiger partial charge on any atom is 0.224 e. The van der Waals surface area contributed by atoms with Crippen LogP contribution in [0.4, 0.5) is 17.6 Å². The van der Waals surface area contributed by atoms with Gasteiger partial charge in [-0.05, 0) is 6.92 Å². The maximum absolute atomic E-state index is 5.46. The Kier molecular flexibility index (Phi) is 2.63. The minimum absolute atomic E-state index is 0.176. The molecule has 1 rings (SSSR count). The fourth-order valence-corrected chi connectivity index (χ4v) is 0.961. The molecular weight excluding hydrogens is 168 g/mol. The van der Waals surface area contributed by atoms with Crippen molar-refractivity contribution in [3.05, 3.63) is 5.56 Å². The van der Waals surface area contributed by atoms with E-state index in [1.165, 1.54) is 6.34 Å². The monoisotopic (exact) mass is 180 g/mol. The lowest BCUT2D eigenvalue weighted by molar-refractivity contribution is 1.12. The van der Waals surface area contributed by atoms with E-state index in [0.717, 1.165) is 5.56 Å². The van der Waals surface area contributed by atoms with Crippen molar-refractivity contribution in [2.24, 2.45) is 10.7 Å². The standard InChI is InChI=1S/C7H12N6/c1-4-5(10-2)12-7(9)13-6(4)11-3-8/h3H,1-2H3,(H5,8,9,10,11,12,13). The lowest BCUT2D eigenvalue weighted by atomic mass is 10.3. The molecule has 13 heavy (non-hydrogen) atoms. The Labute approximate surface area is 76.1 Å². The highest BCUT2D eigenvalue weighted by molar-refractivity contribution is 5.63. The lowest BCUT2D eigenvalue weighted by Crippen LogP contribution is -2.03. The molecule has 0 radical (unpaired) electrons. The Hall–Kier alpha value is -1.85. The summed E-state index contributed by atoms with van der Waals surface area (Å²) in [5.74, 6) is 1.32. The molecule has 0 unspecified atom stereocenters. The van der Waals surface area contributed by atoms with Gasteiger partial charge in [-0.15, -0.1) is 0 Å². The molecule has 0 bridgehead atoms. The molecular formula is C7H12N6. The van der Waals surface area contributed by atoms with Crippen LogP contribution < -0.4 is 16.8 Å². The van der Waals surface area contributed by atoms with Crippen molar-refractivity contribution in [2.45, 2.75) is 6.92 Å². The van der Waals surface area contributed by atoms with Crippen molar-refractivity contribution in [2.75, 3.05) is 18.1 Å². The molecule has 0 aromatic carbocycles. The van der Waals surface area contributed by atoms with Gasteiger partial charge in [-0.2, -0.15) is 9.97 Å². The van der Waals surface area contributed by atoms with Gasteiger partial charge in [0.15, 0.2) is 5.82 Å². The third kappa shape index (κ3) is 1.84. The second-order valence-electron chi connectivity index (χ2n) is 2.41. The topological polar surface area (TPSA) is 102 Å². The number of nitrogens with zero attached hydrogens (tertiary/aromatic N) is 3. The Bertz CT molecular complexity index is 332. The summed E-state index contributed by atoms with van der Waals surface area (Å²) in [4.78, 5) is 11.8. The van der Waals surface area contributed by atoms with Gasteiger partial charge in [-0.1, -0.05) is 0 Å². The fraction of sp³-hybridized carbons (Fsp3) is 0.286. The number of aromatic nitrogens is 2. The molecule has 1 heterocycles. The zero-order chi connectivity index (χ0) is 9.84. The highest BCUT2D eigenvalue weighted by Crippen LogP contribution is 2.21. The van der Waals surface area contributed by atoms with Gasteiger partial charge in [0, 0.05) is 12.6 Å². The molecule has 0 amide bonds. The summed E-state index contributed by atoms with van der Waals surface area (Å²) in [6, 6.07) is 0. The van der Waals surface area contributed by atoms with Gasteiger partial charge in [-0.25, -0.2) is 4.99 Å². The first-order valence-corrected chi connectivity index (χ1v) is 3.75. The molecule has 0 atom stereocenters. The summed E-state index contributed by atoms with van der Waals surface area (Å²) in [5, 5.41) is 2.89. The van der Waals surface area contributed by atoms with Crippen molar-refractivity contribution < 1.29 is 0 Å². The van der Waals surface area contributed by atoms with Crippen LogP contribution in [0.5, 0.6) is 0 Å². The number of hydrogen-bond donors (Lipinski definition) is 3. The number of nitrogens with one attached hydrogen (secondary N) is 1. The SMILES string of the molecule is CNc1nc(N)nc(N=CN)c1C. The smallest absolute Gasteiger partial charge is 0.224 e. The van der Waals surface area contributed by atoms with Gasteiger partial charge >= 0.3 is 0 Å². The molecule has 0 aliphatic carbocycles. The van der Waals surface area contributed by atoms with Gasteiger partial charge in [0.2, 0.25) is 5.95 Å². The van der Waals surface area contributed by atoms with Crippen LogP contribution in [0.15, 0.2) is 4.99 Å². The number of rotatable bonds is 2. The Morgan fingerprint density at radius 2 is 2.15 bits per heavy atom. The minimum atomic E-state index is 0.176. The van der Waals surface area contributed by atoms with Crippen molar-refractivity contribution in [3.8, 4) is 0 Å². The molecule has 5 N–H and O–H groups in total. The average Bonchev–Trinajstić information content (AvgIpc) is 2.11. The summed E-state index contributed by atoms with van der Waals surface area (Å²) >= 11 is 0. The van der Waals surface area contributed by atoms with Crippen molar-refractivity contribution in [1.29, 1.82) is 0 Å². The van der Waals surface area contributed by atoms with E-state index in [1.807, 2.05) is 6.92 Å². The van der Waals surface area contributed by atoms with Gasteiger partial charge in [-0.3, -0.25) is 0 Å². The van der Waals surface area contributed by atoms with Crippen LogP contribution in [0, 0.1) is 6.92 Å². The summed E-state index contributed by atoms with van der Waals surface area (Å²) in [6.45, 7) is 1.84. The van der Waals surface area contributed by atoms with E-state index >= 15 is 0 Å². The van der Waals surface area contributed by atoms with Gasteiger partial charge in [0.1, 0.15) is 5.82 Å². The summed E-state index contributed by atoms with van der Waals surface area (Å²) in [5.41, 5.74) is 11.4. The molecule has 0 fully saturated rings. The zero-order valence-electron chi connectivity index (χ0n) is 7.57. The van der Waals surface area contributed by atoms with Crippen LogP contribution in [0.1, 0.15) is 5.56 Å². The van der Waals surface area contributed by atoms with Gasteiger partial charge in [0.25, 0.3) is 0 Å². The van der Waals surface area contributed by atoms with E-state index in [0.29, 0.717) is 11.6 Å². The van der Waals surface area contributed by atoms with Crippen molar-refractivity contribution >= 4 is 23.9 Å². The van der Waals surface area contributed by atoms with Crippen LogP contribution in [0.3, 0.4) is 0 Å². The van der Waals surface area contributed by atoms with Crippen LogP contribution in [0.2, 0.25) is 0 Å². The molecule has 6 nitrogen and oxygen atoms in total. The highest BCUT2D eigenvalue weighted by Gasteiger charge is 2.06. The third-order valence-electron chi connectivity index (χ3n) is 1.57. The molecule has 70 valence electrons. The van der Waals surface area contributed by atoms with Crippen LogP contribution in [-0.2, 0) is 0 Å². The predicted octanol–water partition coefficient (Wildman–Crippen LogP) is 0.0274. The first-order chi connectivity index (χ1) is 6.19. The van der Waals surface area contributed by atoms with E-state index < -0.39 is 0 Å². The van der Waals surface area contributed by atoms with Gasteiger partial charge < -0.3 is 16.8 Å². The van der Waals surface area contributed by atoms with E-state index in [4.69, 9.17) is 11.5 Å². The summed E-state index contributed by atoms with van der Waals surface area (Å²) < 4.78 is 0. The second-order valence-corrected chi connectivity index (χ2v) is 2.41. The van der Waals surface area contributed by atoms with Crippen LogP contribution in [-0.4, -0.2) is 23.4 Å². The lowest BCUT2D eigenvalue weighted by Gasteiger charge is -2.06. The Morgan fingerprint density at radius 3 is 2.69 bits per heavy atom. The van der Waals surface area contributed by atoms with E-state index in [9.17, 15) is 0 Å². The first kappa shape index (κ1) is 9.24.